The molecule has 1 unspecified atom stereocenters. The molecule has 1 fully saturated rings. The Morgan fingerprint density at radius 2 is 2.35 bits per heavy atom. The summed E-state index contributed by atoms with van der Waals surface area (Å²) in [5.74, 6) is 1.07. The fourth-order valence-corrected chi connectivity index (χ4v) is 2.34. The van der Waals surface area contributed by atoms with Crippen molar-refractivity contribution in [2.24, 2.45) is 0 Å². The van der Waals surface area contributed by atoms with Crippen LogP contribution in [-0.4, -0.2) is 35.1 Å². The summed E-state index contributed by atoms with van der Waals surface area (Å²) in [6.45, 7) is 6.54. The Morgan fingerprint density at radius 3 is 3.06 bits per heavy atom. The molecule has 1 saturated heterocycles. The minimum atomic E-state index is 0.546. The van der Waals surface area contributed by atoms with Gasteiger partial charge in [-0.25, -0.2) is 9.97 Å². The van der Waals surface area contributed by atoms with Gasteiger partial charge in [-0.05, 0) is 25.3 Å². The van der Waals surface area contributed by atoms with Crippen molar-refractivity contribution in [3.63, 3.8) is 0 Å². The van der Waals surface area contributed by atoms with Gasteiger partial charge in [0.25, 0.3) is 0 Å². The number of hydrogen-bond donors (Lipinski definition) is 1. The second-order valence-corrected chi connectivity index (χ2v) is 4.97. The Labute approximate surface area is 103 Å². The molecule has 0 aliphatic carbocycles. The largest absolute Gasteiger partial charge is 0.352 e. The molecule has 0 bridgehead atoms. The fraction of sp³-hybridized carbons (Fsp3) is 0.692. The number of aromatic nitrogens is 2. The monoisotopic (exact) mass is 234 g/mol. The predicted molar refractivity (Wildman–Crippen MR) is 70.2 cm³/mol. The SMILES string of the molecule is CC(C)NCC1CCCCN1c1ccncn1. The minimum Gasteiger partial charge on any atom is -0.352 e. The summed E-state index contributed by atoms with van der Waals surface area (Å²) < 4.78 is 0. The molecule has 4 heteroatoms. The van der Waals surface area contributed by atoms with Crippen LogP contribution >= 0.6 is 0 Å². The van der Waals surface area contributed by atoms with Gasteiger partial charge in [0.2, 0.25) is 0 Å². The highest BCUT2D eigenvalue weighted by Gasteiger charge is 2.23. The number of nitrogens with one attached hydrogen (secondary N) is 1. The molecule has 0 spiro atoms. The lowest BCUT2D eigenvalue weighted by Crippen LogP contribution is -2.47. The minimum absolute atomic E-state index is 0.546. The third kappa shape index (κ3) is 3.40. The molecule has 1 N–H and O–H groups in total. The van der Waals surface area contributed by atoms with Gasteiger partial charge in [0, 0.05) is 31.4 Å². The highest BCUT2D eigenvalue weighted by atomic mass is 15.2. The average Bonchev–Trinajstić information content (AvgIpc) is 2.38. The Kier molecular flexibility index (Phi) is 4.31. The molecule has 2 rings (SSSR count). The molecule has 1 aliphatic rings. The Hall–Kier alpha value is -1.16. The average molecular weight is 234 g/mol. The van der Waals surface area contributed by atoms with E-state index in [0.717, 1.165) is 18.9 Å². The summed E-state index contributed by atoms with van der Waals surface area (Å²) in [4.78, 5) is 10.8. The lowest BCUT2D eigenvalue weighted by atomic mass is 10.0. The van der Waals surface area contributed by atoms with Gasteiger partial charge in [-0.2, -0.15) is 0 Å². The van der Waals surface area contributed by atoms with Crippen LogP contribution < -0.4 is 10.2 Å². The van der Waals surface area contributed by atoms with E-state index >= 15 is 0 Å². The van der Waals surface area contributed by atoms with E-state index in [1.807, 2.05) is 12.3 Å². The van der Waals surface area contributed by atoms with Crippen LogP contribution in [0.2, 0.25) is 0 Å². The Morgan fingerprint density at radius 1 is 1.47 bits per heavy atom. The lowest BCUT2D eigenvalue weighted by Gasteiger charge is -2.37. The quantitative estimate of drug-likeness (QED) is 0.863. The zero-order chi connectivity index (χ0) is 12.1. The fourth-order valence-electron chi connectivity index (χ4n) is 2.34. The molecule has 0 aromatic carbocycles. The Bertz CT molecular complexity index is 325. The highest BCUT2D eigenvalue weighted by molar-refractivity contribution is 5.38. The summed E-state index contributed by atoms with van der Waals surface area (Å²) in [7, 11) is 0. The van der Waals surface area contributed by atoms with Crippen LogP contribution in [0.5, 0.6) is 0 Å². The number of rotatable bonds is 4. The van der Waals surface area contributed by atoms with Gasteiger partial charge in [0.15, 0.2) is 0 Å². The zero-order valence-electron chi connectivity index (χ0n) is 10.8. The molecule has 1 atom stereocenters. The van der Waals surface area contributed by atoms with E-state index in [1.165, 1.54) is 19.3 Å². The van der Waals surface area contributed by atoms with Gasteiger partial charge < -0.3 is 10.2 Å². The molecule has 0 radical (unpaired) electrons. The van der Waals surface area contributed by atoms with Crippen LogP contribution in [0.4, 0.5) is 5.82 Å². The standard InChI is InChI=1S/C13H22N4/c1-11(2)15-9-12-5-3-4-8-17(12)13-6-7-14-10-16-13/h6-7,10-12,15H,3-5,8-9H2,1-2H3. The van der Waals surface area contributed by atoms with E-state index in [1.54, 1.807) is 6.33 Å². The first-order valence-corrected chi connectivity index (χ1v) is 6.53. The normalized spacial score (nSPS) is 20.9. The number of hydrogen-bond acceptors (Lipinski definition) is 4. The highest BCUT2D eigenvalue weighted by Crippen LogP contribution is 2.22. The molecular weight excluding hydrogens is 212 g/mol. The van der Waals surface area contributed by atoms with Crippen molar-refractivity contribution >= 4 is 5.82 Å². The van der Waals surface area contributed by atoms with Gasteiger partial charge in [0.1, 0.15) is 12.1 Å². The molecule has 1 aliphatic heterocycles. The van der Waals surface area contributed by atoms with Crippen LogP contribution in [0.1, 0.15) is 33.1 Å². The van der Waals surface area contributed by atoms with E-state index < -0.39 is 0 Å². The predicted octanol–water partition coefficient (Wildman–Crippen LogP) is 1.83. The molecule has 4 nitrogen and oxygen atoms in total. The molecule has 2 heterocycles. The summed E-state index contributed by atoms with van der Waals surface area (Å²) in [5.41, 5.74) is 0. The summed E-state index contributed by atoms with van der Waals surface area (Å²) in [5, 5.41) is 3.53. The third-order valence-electron chi connectivity index (χ3n) is 3.25. The van der Waals surface area contributed by atoms with Gasteiger partial charge in [-0.15, -0.1) is 0 Å². The third-order valence-corrected chi connectivity index (χ3v) is 3.25. The van der Waals surface area contributed by atoms with Crippen molar-refractivity contribution in [2.75, 3.05) is 18.0 Å². The lowest BCUT2D eigenvalue weighted by molar-refractivity contribution is 0.418. The van der Waals surface area contributed by atoms with Crippen LogP contribution in [-0.2, 0) is 0 Å². The summed E-state index contributed by atoms with van der Waals surface area (Å²) in [6.07, 6.45) is 7.30. The van der Waals surface area contributed by atoms with Crippen molar-refractivity contribution in [3.8, 4) is 0 Å². The van der Waals surface area contributed by atoms with Crippen molar-refractivity contribution in [2.45, 2.75) is 45.2 Å². The number of piperidine rings is 1. The first kappa shape index (κ1) is 12.3. The topological polar surface area (TPSA) is 41.0 Å². The number of anilines is 1. The van der Waals surface area contributed by atoms with Crippen LogP contribution in [0.25, 0.3) is 0 Å². The summed E-state index contributed by atoms with van der Waals surface area (Å²) >= 11 is 0. The van der Waals surface area contributed by atoms with Crippen molar-refractivity contribution in [3.05, 3.63) is 18.6 Å². The number of nitrogens with zero attached hydrogens (tertiary/aromatic N) is 3. The van der Waals surface area contributed by atoms with E-state index in [0.29, 0.717) is 12.1 Å². The van der Waals surface area contributed by atoms with Gasteiger partial charge in [-0.1, -0.05) is 13.8 Å². The molecule has 94 valence electrons. The van der Waals surface area contributed by atoms with E-state index in [-0.39, 0.29) is 0 Å². The first-order chi connectivity index (χ1) is 8.27. The van der Waals surface area contributed by atoms with Crippen LogP contribution in [0.15, 0.2) is 18.6 Å². The molecule has 1 aromatic heterocycles. The maximum Gasteiger partial charge on any atom is 0.132 e. The Balaban J connectivity index is 2.02. The molecular formula is C13H22N4. The van der Waals surface area contributed by atoms with E-state index in [9.17, 15) is 0 Å². The zero-order valence-corrected chi connectivity index (χ0v) is 10.8. The van der Waals surface area contributed by atoms with Gasteiger partial charge >= 0.3 is 0 Å². The second-order valence-electron chi connectivity index (χ2n) is 4.97. The van der Waals surface area contributed by atoms with Crippen LogP contribution in [0.3, 0.4) is 0 Å². The van der Waals surface area contributed by atoms with Crippen molar-refractivity contribution < 1.29 is 0 Å². The first-order valence-electron chi connectivity index (χ1n) is 6.53. The summed E-state index contributed by atoms with van der Waals surface area (Å²) in [6, 6.07) is 3.12. The van der Waals surface area contributed by atoms with Gasteiger partial charge in [-0.3, -0.25) is 0 Å². The van der Waals surface area contributed by atoms with Crippen molar-refractivity contribution in [1.29, 1.82) is 0 Å². The van der Waals surface area contributed by atoms with Gasteiger partial charge in [0.05, 0.1) is 0 Å². The maximum absolute atomic E-state index is 4.37. The smallest absolute Gasteiger partial charge is 0.132 e. The van der Waals surface area contributed by atoms with Crippen LogP contribution in [0, 0.1) is 0 Å². The second kappa shape index (κ2) is 5.96. The van der Waals surface area contributed by atoms with E-state index in [2.05, 4.69) is 34.0 Å². The molecule has 0 amide bonds. The maximum atomic E-state index is 4.37. The molecule has 17 heavy (non-hydrogen) atoms. The molecule has 1 aromatic rings. The van der Waals surface area contributed by atoms with Crippen molar-refractivity contribution in [1.82, 2.24) is 15.3 Å². The molecule has 0 saturated carbocycles. The van der Waals surface area contributed by atoms with E-state index in [4.69, 9.17) is 0 Å².